The van der Waals surface area contributed by atoms with Crippen LogP contribution in [0.1, 0.15) is 5.69 Å². The lowest BCUT2D eigenvalue weighted by Crippen LogP contribution is -2.01. The van der Waals surface area contributed by atoms with Crippen molar-refractivity contribution in [2.24, 2.45) is 7.05 Å². The zero-order chi connectivity index (χ0) is 20.0. The van der Waals surface area contributed by atoms with Crippen LogP contribution in [0, 0.1) is 6.92 Å². The Bertz CT molecular complexity index is 1350. The highest BCUT2D eigenvalue weighted by Gasteiger charge is 2.17. The van der Waals surface area contributed by atoms with E-state index in [0.717, 1.165) is 39.1 Å². The molecule has 3 heterocycles. The van der Waals surface area contributed by atoms with E-state index in [2.05, 4.69) is 15.6 Å². The molecule has 0 aliphatic carbocycles. The molecule has 3 aromatic heterocycles. The Hall–Kier alpha value is -3.94. The number of benzene rings is 2. The molecular formula is C21H18N6O2. The minimum atomic E-state index is 0.573. The van der Waals surface area contributed by atoms with Gasteiger partial charge in [-0.2, -0.15) is 5.10 Å². The van der Waals surface area contributed by atoms with E-state index in [0.29, 0.717) is 17.2 Å². The average Bonchev–Trinajstić information content (AvgIpc) is 3.31. The second-order valence-corrected chi connectivity index (χ2v) is 6.70. The van der Waals surface area contributed by atoms with E-state index in [9.17, 15) is 0 Å². The predicted octanol–water partition coefficient (Wildman–Crippen LogP) is 4.23. The van der Waals surface area contributed by atoms with Gasteiger partial charge in [0.05, 0.1) is 29.8 Å². The van der Waals surface area contributed by atoms with Gasteiger partial charge in [-0.1, -0.05) is 23.4 Å². The molecule has 0 fully saturated rings. The number of ether oxygens (including phenoxy) is 1. The Labute approximate surface area is 166 Å². The minimum Gasteiger partial charge on any atom is -0.497 e. The number of rotatable bonds is 4. The zero-order valence-electron chi connectivity index (χ0n) is 16.2. The summed E-state index contributed by atoms with van der Waals surface area (Å²) in [7, 11) is 3.50. The predicted molar refractivity (Wildman–Crippen MR) is 110 cm³/mol. The molecule has 2 aromatic carbocycles. The number of aromatic nitrogens is 5. The third-order valence-electron chi connectivity index (χ3n) is 4.83. The summed E-state index contributed by atoms with van der Waals surface area (Å²) in [6.07, 6.45) is 1.76. The summed E-state index contributed by atoms with van der Waals surface area (Å²) in [5.41, 5.74) is 3.95. The summed E-state index contributed by atoms with van der Waals surface area (Å²) >= 11 is 0. The molecule has 5 rings (SSSR count). The summed E-state index contributed by atoms with van der Waals surface area (Å²) in [5, 5.41) is 13.5. The van der Waals surface area contributed by atoms with Crippen LogP contribution in [-0.4, -0.2) is 32.0 Å². The van der Waals surface area contributed by atoms with Crippen molar-refractivity contribution in [1.82, 2.24) is 24.9 Å². The molecule has 0 aliphatic heterocycles. The highest BCUT2D eigenvalue weighted by Crippen LogP contribution is 2.32. The van der Waals surface area contributed by atoms with Gasteiger partial charge in [0.25, 0.3) is 0 Å². The monoisotopic (exact) mass is 386 g/mol. The van der Waals surface area contributed by atoms with Crippen molar-refractivity contribution < 1.29 is 9.26 Å². The molecule has 29 heavy (non-hydrogen) atoms. The number of nitrogens with one attached hydrogen (secondary N) is 1. The molecule has 1 N–H and O–H groups in total. The van der Waals surface area contributed by atoms with E-state index in [4.69, 9.17) is 19.2 Å². The first kappa shape index (κ1) is 17.2. The molecule has 8 nitrogen and oxygen atoms in total. The summed E-state index contributed by atoms with van der Waals surface area (Å²) in [6.45, 7) is 1.91. The number of hydrogen-bond acceptors (Lipinski definition) is 7. The third kappa shape index (κ3) is 2.85. The van der Waals surface area contributed by atoms with Crippen molar-refractivity contribution in [1.29, 1.82) is 0 Å². The number of aryl methyl sites for hydroxylation is 2. The van der Waals surface area contributed by atoms with Crippen LogP contribution in [0.2, 0.25) is 0 Å². The number of fused-ring (bicyclic) bond motifs is 2. The van der Waals surface area contributed by atoms with E-state index in [1.165, 1.54) is 0 Å². The maximum absolute atomic E-state index is 5.41. The largest absolute Gasteiger partial charge is 0.497 e. The van der Waals surface area contributed by atoms with Crippen LogP contribution in [0.5, 0.6) is 5.75 Å². The first-order chi connectivity index (χ1) is 14.1. The number of nitrogens with zero attached hydrogens (tertiary/aromatic N) is 5. The summed E-state index contributed by atoms with van der Waals surface area (Å²) in [6, 6.07) is 13.5. The molecular weight excluding hydrogens is 368 g/mol. The molecule has 0 unspecified atom stereocenters. The van der Waals surface area contributed by atoms with Gasteiger partial charge in [0, 0.05) is 24.4 Å². The quantitative estimate of drug-likeness (QED) is 0.494. The molecule has 0 radical (unpaired) electrons. The van der Waals surface area contributed by atoms with Gasteiger partial charge < -0.3 is 14.6 Å². The number of methoxy groups -OCH3 is 1. The zero-order valence-corrected chi connectivity index (χ0v) is 16.2. The molecule has 0 bridgehead atoms. The fourth-order valence-corrected chi connectivity index (χ4v) is 3.41. The van der Waals surface area contributed by atoms with Crippen molar-refractivity contribution in [2.75, 3.05) is 12.4 Å². The van der Waals surface area contributed by atoms with Crippen LogP contribution in [0.15, 0.2) is 53.2 Å². The lowest BCUT2D eigenvalue weighted by Gasteiger charge is -2.11. The molecule has 0 spiro atoms. The van der Waals surface area contributed by atoms with E-state index in [1.807, 2.05) is 56.4 Å². The fraction of sp³-hybridized carbons (Fsp3) is 0.143. The second-order valence-electron chi connectivity index (χ2n) is 6.70. The molecule has 0 aliphatic rings. The maximum Gasteiger partial charge on any atom is 0.167 e. The summed E-state index contributed by atoms with van der Waals surface area (Å²) in [4.78, 5) is 9.59. The van der Waals surface area contributed by atoms with Gasteiger partial charge in [0.1, 0.15) is 11.6 Å². The Kier molecular flexibility index (Phi) is 3.90. The standard InChI is InChI=1S/C21H18N6O2/c1-12-18-15(8-5-9-17(18)29-26-12)19-24-20(16-11-22-27(2)21(16)25-19)23-13-6-4-7-14(10-13)28-3/h4-11H,1-3H3,(H,23,24,25). The van der Waals surface area contributed by atoms with Gasteiger partial charge in [-0.05, 0) is 25.1 Å². The van der Waals surface area contributed by atoms with Crippen molar-refractivity contribution in [3.05, 3.63) is 54.4 Å². The van der Waals surface area contributed by atoms with Crippen LogP contribution in [0.4, 0.5) is 11.5 Å². The minimum absolute atomic E-state index is 0.573. The first-order valence-electron chi connectivity index (χ1n) is 9.10. The average molecular weight is 386 g/mol. The normalized spacial score (nSPS) is 11.3. The molecule has 5 aromatic rings. The number of hydrogen-bond donors (Lipinski definition) is 1. The highest BCUT2D eigenvalue weighted by molar-refractivity contribution is 5.96. The molecule has 144 valence electrons. The maximum atomic E-state index is 5.41. The van der Waals surface area contributed by atoms with Gasteiger partial charge in [-0.3, -0.25) is 4.68 Å². The Morgan fingerprint density at radius 1 is 1.10 bits per heavy atom. The Morgan fingerprint density at radius 2 is 1.97 bits per heavy atom. The van der Waals surface area contributed by atoms with Crippen LogP contribution in [-0.2, 0) is 7.05 Å². The van der Waals surface area contributed by atoms with E-state index >= 15 is 0 Å². The second kappa shape index (κ2) is 6.59. The molecule has 0 saturated heterocycles. The van der Waals surface area contributed by atoms with Crippen molar-refractivity contribution in [2.45, 2.75) is 6.92 Å². The van der Waals surface area contributed by atoms with E-state index < -0.39 is 0 Å². The molecule has 8 heteroatoms. The van der Waals surface area contributed by atoms with Crippen LogP contribution in [0.25, 0.3) is 33.4 Å². The lowest BCUT2D eigenvalue weighted by atomic mass is 10.1. The van der Waals surface area contributed by atoms with Gasteiger partial charge >= 0.3 is 0 Å². The van der Waals surface area contributed by atoms with Crippen LogP contribution < -0.4 is 10.1 Å². The first-order valence-corrected chi connectivity index (χ1v) is 9.10. The van der Waals surface area contributed by atoms with Crippen molar-refractivity contribution in [3.8, 4) is 17.1 Å². The van der Waals surface area contributed by atoms with Crippen LogP contribution >= 0.6 is 0 Å². The molecule has 0 amide bonds. The fourth-order valence-electron chi connectivity index (χ4n) is 3.41. The summed E-state index contributed by atoms with van der Waals surface area (Å²) in [5.74, 6) is 2.00. The Balaban J connectivity index is 1.71. The summed E-state index contributed by atoms with van der Waals surface area (Å²) < 4.78 is 12.5. The molecule has 0 atom stereocenters. The smallest absolute Gasteiger partial charge is 0.167 e. The third-order valence-corrected chi connectivity index (χ3v) is 4.83. The van der Waals surface area contributed by atoms with E-state index in [-0.39, 0.29) is 0 Å². The van der Waals surface area contributed by atoms with Gasteiger partial charge in [-0.15, -0.1) is 0 Å². The highest BCUT2D eigenvalue weighted by atomic mass is 16.5. The topological polar surface area (TPSA) is 90.9 Å². The van der Waals surface area contributed by atoms with Crippen LogP contribution in [0.3, 0.4) is 0 Å². The van der Waals surface area contributed by atoms with E-state index in [1.54, 1.807) is 18.0 Å². The van der Waals surface area contributed by atoms with Gasteiger partial charge in [0.2, 0.25) is 0 Å². The molecule has 0 saturated carbocycles. The van der Waals surface area contributed by atoms with Gasteiger partial charge in [0.15, 0.2) is 17.1 Å². The van der Waals surface area contributed by atoms with Crippen molar-refractivity contribution in [3.63, 3.8) is 0 Å². The lowest BCUT2D eigenvalue weighted by molar-refractivity contribution is 0.415. The Morgan fingerprint density at radius 3 is 2.83 bits per heavy atom. The van der Waals surface area contributed by atoms with Gasteiger partial charge in [-0.25, -0.2) is 9.97 Å². The SMILES string of the molecule is COc1cccc(Nc2nc(-c3cccc4onc(C)c34)nc3c2cnn3C)c1. The number of anilines is 2. The van der Waals surface area contributed by atoms with Crippen molar-refractivity contribution >= 4 is 33.5 Å².